The van der Waals surface area contributed by atoms with Crippen molar-refractivity contribution in [1.29, 1.82) is 0 Å². The number of nitrogens with one attached hydrogen (secondary N) is 2. The van der Waals surface area contributed by atoms with E-state index in [0.717, 1.165) is 23.6 Å². The molecule has 0 bridgehead atoms. The Bertz CT molecular complexity index is 1110. The Labute approximate surface area is 200 Å². The van der Waals surface area contributed by atoms with E-state index in [0.29, 0.717) is 5.69 Å². The zero-order valence-corrected chi connectivity index (χ0v) is 19.9. The number of benzene rings is 2. The summed E-state index contributed by atoms with van der Waals surface area (Å²) >= 11 is 0. The SMILES string of the molecule is CCC[C@@H]1C=C[C@H]2[C@@H](C(=O)N([C@H](C)CO)[C@@H]2C(=O)Nc2ccc3ccccc3c2)[C@@H]1C(=O)NC. The Morgan fingerprint density at radius 2 is 1.82 bits per heavy atom. The van der Waals surface area contributed by atoms with Crippen molar-refractivity contribution in [3.8, 4) is 0 Å². The summed E-state index contributed by atoms with van der Waals surface area (Å²) in [4.78, 5) is 41.7. The lowest BCUT2D eigenvalue weighted by Gasteiger charge is -2.34. The molecular weight excluding hydrogens is 430 g/mol. The van der Waals surface area contributed by atoms with Crippen LogP contribution in [-0.2, 0) is 14.4 Å². The smallest absolute Gasteiger partial charge is 0.247 e. The molecule has 0 aromatic heterocycles. The van der Waals surface area contributed by atoms with Gasteiger partial charge in [0.05, 0.1) is 24.5 Å². The van der Waals surface area contributed by atoms with E-state index in [1.54, 1.807) is 14.0 Å². The van der Waals surface area contributed by atoms with E-state index in [-0.39, 0.29) is 30.2 Å². The minimum atomic E-state index is -0.808. The molecule has 7 nitrogen and oxygen atoms in total. The number of likely N-dealkylation sites (tertiary alicyclic amines) is 1. The van der Waals surface area contributed by atoms with Gasteiger partial charge in [-0.15, -0.1) is 0 Å². The molecule has 0 saturated carbocycles. The molecule has 1 heterocycles. The number of rotatable bonds is 7. The second kappa shape index (κ2) is 9.97. The van der Waals surface area contributed by atoms with Crippen LogP contribution in [0.3, 0.4) is 0 Å². The highest BCUT2D eigenvalue weighted by atomic mass is 16.3. The van der Waals surface area contributed by atoms with Crippen LogP contribution in [0.2, 0.25) is 0 Å². The zero-order chi connectivity index (χ0) is 24.4. The van der Waals surface area contributed by atoms with Gasteiger partial charge < -0.3 is 20.6 Å². The Morgan fingerprint density at radius 1 is 1.09 bits per heavy atom. The molecule has 2 aromatic rings. The van der Waals surface area contributed by atoms with Gasteiger partial charge in [0.1, 0.15) is 6.04 Å². The molecule has 6 atom stereocenters. The van der Waals surface area contributed by atoms with E-state index in [4.69, 9.17) is 0 Å². The molecule has 7 heteroatoms. The molecule has 0 unspecified atom stereocenters. The van der Waals surface area contributed by atoms with Crippen molar-refractivity contribution < 1.29 is 19.5 Å². The van der Waals surface area contributed by atoms with Crippen LogP contribution in [0.5, 0.6) is 0 Å². The summed E-state index contributed by atoms with van der Waals surface area (Å²) < 4.78 is 0. The molecule has 0 radical (unpaired) electrons. The maximum Gasteiger partial charge on any atom is 0.247 e. The largest absolute Gasteiger partial charge is 0.394 e. The van der Waals surface area contributed by atoms with Crippen LogP contribution >= 0.6 is 0 Å². The van der Waals surface area contributed by atoms with Crippen molar-refractivity contribution in [3.05, 3.63) is 54.6 Å². The lowest BCUT2D eigenvalue weighted by atomic mass is 9.68. The second-order valence-electron chi connectivity index (χ2n) is 9.35. The van der Waals surface area contributed by atoms with Crippen molar-refractivity contribution >= 4 is 34.2 Å². The molecule has 1 saturated heterocycles. The average Bonchev–Trinajstić information content (AvgIpc) is 3.15. The van der Waals surface area contributed by atoms with E-state index >= 15 is 0 Å². The molecule has 3 N–H and O–H groups in total. The lowest BCUT2D eigenvalue weighted by molar-refractivity contribution is -0.142. The molecule has 180 valence electrons. The quantitative estimate of drug-likeness (QED) is 0.550. The minimum absolute atomic E-state index is 0.0660. The molecule has 34 heavy (non-hydrogen) atoms. The molecule has 2 aromatic carbocycles. The summed E-state index contributed by atoms with van der Waals surface area (Å²) in [6.45, 7) is 3.52. The van der Waals surface area contributed by atoms with Gasteiger partial charge in [-0.05, 0) is 42.2 Å². The van der Waals surface area contributed by atoms with E-state index in [9.17, 15) is 19.5 Å². The summed E-state index contributed by atoms with van der Waals surface area (Å²) in [5, 5.41) is 17.7. The molecular formula is C27H33N3O4. The molecule has 4 rings (SSSR count). The van der Waals surface area contributed by atoms with Crippen molar-refractivity contribution in [3.63, 3.8) is 0 Å². The Hall–Kier alpha value is -3.19. The highest BCUT2D eigenvalue weighted by Crippen LogP contribution is 2.46. The fraction of sp³-hybridized carbons (Fsp3) is 0.444. The predicted molar refractivity (Wildman–Crippen MR) is 132 cm³/mol. The first-order chi connectivity index (χ1) is 16.4. The molecule has 2 aliphatic rings. The number of amides is 3. The first kappa shape index (κ1) is 24.0. The van der Waals surface area contributed by atoms with Crippen LogP contribution in [0.1, 0.15) is 26.7 Å². The standard InChI is InChI=1S/C27H33N3O4/c1-4-7-18-11-13-21-23(22(18)25(32)28-3)27(34)30(16(2)15-31)24(21)26(33)29-20-12-10-17-8-5-6-9-19(17)14-20/h5-6,8-14,16,18,21-24,31H,4,7,15H2,1-3H3,(H,28,32)(H,29,33)/t16-,18-,21+,22-,23-,24+/m1/s1. The highest BCUT2D eigenvalue weighted by Gasteiger charge is 2.57. The van der Waals surface area contributed by atoms with Gasteiger partial charge in [0, 0.05) is 18.7 Å². The molecule has 0 spiro atoms. The van der Waals surface area contributed by atoms with E-state index in [1.807, 2.05) is 54.6 Å². The topological polar surface area (TPSA) is 98.7 Å². The third-order valence-corrected chi connectivity index (χ3v) is 7.24. The van der Waals surface area contributed by atoms with Crippen LogP contribution in [0, 0.1) is 23.7 Å². The lowest BCUT2D eigenvalue weighted by Crippen LogP contribution is -2.49. The monoisotopic (exact) mass is 463 g/mol. The third-order valence-electron chi connectivity index (χ3n) is 7.24. The average molecular weight is 464 g/mol. The number of hydrogen-bond acceptors (Lipinski definition) is 4. The van der Waals surface area contributed by atoms with Crippen molar-refractivity contribution in [2.24, 2.45) is 23.7 Å². The maximum absolute atomic E-state index is 13.7. The van der Waals surface area contributed by atoms with Gasteiger partial charge in [-0.3, -0.25) is 14.4 Å². The van der Waals surface area contributed by atoms with Crippen LogP contribution in [-0.4, -0.2) is 53.5 Å². The normalized spacial score (nSPS) is 26.9. The molecule has 1 fully saturated rings. The number of aliphatic hydroxyl groups excluding tert-OH is 1. The molecule has 1 aliphatic heterocycles. The first-order valence-electron chi connectivity index (χ1n) is 12.0. The molecule has 1 aliphatic carbocycles. The van der Waals surface area contributed by atoms with E-state index in [1.165, 1.54) is 4.90 Å². The summed E-state index contributed by atoms with van der Waals surface area (Å²) in [6.07, 6.45) is 5.61. The number of allylic oxidation sites excluding steroid dienone is 1. The maximum atomic E-state index is 13.7. The summed E-state index contributed by atoms with van der Waals surface area (Å²) in [6, 6.07) is 12.2. The summed E-state index contributed by atoms with van der Waals surface area (Å²) in [7, 11) is 1.58. The second-order valence-corrected chi connectivity index (χ2v) is 9.35. The van der Waals surface area contributed by atoms with Crippen LogP contribution in [0.25, 0.3) is 10.8 Å². The first-order valence-corrected chi connectivity index (χ1v) is 12.0. The van der Waals surface area contributed by atoms with Gasteiger partial charge in [-0.2, -0.15) is 0 Å². The Kier molecular flexibility index (Phi) is 7.03. The van der Waals surface area contributed by atoms with Gasteiger partial charge in [0.2, 0.25) is 17.7 Å². The number of aliphatic hydroxyl groups is 1. The minimum Gasteiger partial charge on any atom is -0.394 e. The number of anilines is 1. The fourth-order valence-electron chi connectivity index (χ4n) is 5.63. The van der Waals surface area contributed by atoms with Crippen molar-refractivity contribution in [1.82, 2.24) is 10.2 Å². The van der Waals surface area contributed by atoms with Crippen molar-refractivity contribution in [2.45, 2.75) is 38.8 Å². The van der Waals surface area contributed by atoms with Crippen LogP contribution in [0.15, 0.2) is 54.6 Å². The van der Waals surface area contributed by atoms with Gasteiger partial charge in [-0.25, -0.2) is 0 Å². The Morgan fingerprint density at radius 3 is 2.50 bits per heavy atom. The van der Waals surface area contributed by atoms with E-state index < -0.39 is 29.8 Å². The third kappa shape index (κ3) is 4.20. The zero-order valence-electron chi connectivity index (χ0n) is 19.9. The summed E-state index contributed by atoms with van der Waals surface area (Å²) in [5.74, 6) is -2.43. The number of carbonyl (C=O) groups excluding carboxylic acids is 3. The van der Waals surface area contributed by atoms with E-state index in [2.05, 4.69) is 17.6 Å². The van der Waals surface area contributed by atoms with Crippen LogP contribution < -0.4 is 10.6 Å². The molecule has 3 amide bonds. The van der Waals surface area contributed by atoms with Gasteiger partial charge in [0.25, 0.3) is 0 Å². The van der Waals surface area contributed by atoms with Gasteiger partial charge in [0.15, 0.2) is 0 Å². The number of fused-ring (bicyclic) bond motifs is 2. The predicted octanol–water partition coefficient (Wildman–Crippen LogP) is 2.95. The van der Waals surface area contributed by atoms with Crippen molar-refractivity contribution in [2.75, 3.05) is 19.0 Å². The number of carbonyl (C=O) groups is 3. The number of hydrogen-bond donors (Lipinski definition) is 3. The van der Waals surface area contributed by atoms with Gasteiger partial charge in [-0.1, -0.05) is 55.8 Å². The number of nitrogens with zero attached hydrogens (tertiary/aromatic N) is 1. The fourth-order valence-corrected chi connectivity index (χ4v) is 5.63. The Balaban J connectivity index is 1.70. The van der Waals surface area contributed by atoms with Gasteiger partial charge >= 0.3 is 0 Å². The highest BCUT2D eigenvalue weighted by molar-refractivity contribution is 6.03. The van der Waals surface area contributed by atoms with Crippen LogP contribution in [0.4, 0.5) is 5.69 Å². The summed E-state index contributed by atoms with van der Waals surface area (Å²) in [5.41, 5.74) is 0.641.